The first-order valence-electron chi connectivity index (χ1n) is 5.83. The summed E-state index contributed by atoms with van der Waals surface area (Å²) in [6.07, 6.45) is 2.82. The highest BCUT2D eigenvalue weighted by Gasteiger charge is 2.03. The van der Waals surface area contributed by atoms with Crippen LogP contribution in [0, 0.1) is 5.82 Å². The number of unbranched alkanes of at least 4 members (excludes halogenated alkanes) is 2. The monoisotopic (exact) mass is 290 g/mol. The van der Waals surface area contributed by atoms with Crippen molar-refractivity contribution in [2.45, 2.75) is 31.4 Å². The Bertz CT molecular complexity index is 399. The van der Waals surface area contributed by atoms with Crippen molar-refractivity contribution in [2.75, 3.05) is 5.75 Å². The normalized spacial score (nSPS) is 10.6. The Hall–Kier alpha value is -0.740. The van der Waals surface area contributed by atoms with E-state index in [-0.39, 0.29) is 12.2 Å². The van der Waals surface area contributed by atoms with Crippen LogP contribution in [0.5, 0.6) is 0 Å². The van der Waals surface area contributed by atoms with Crippen LogP contribution in [-0.2, 0) is 10.5 Å². The van der Waals surface area contributed by atoms with Gasteiger partial charge in [-0.25, -0.2) is 4.39 Å². The Labute approximate surface area is 116 Å². The maximum Gasteiger partial charge on any atom is 0.303 e. The Morgan fingerprint density at radius 3 is 2.78 bits per heavy atom. The average molecular weight is 291 g/mol. The van der Waals surface area contributed by atoms with E-state index in [4.69, 9.17) is 16.7 Å². The highest BCUT2D eigenvalue weighted by atomic mass is 35.5. The number of rotatable bonds is 8. The van der Waals surface area contributed by atoms with Gasteiger partial charge in [0.25, 0.3) is 0 Å². The second kappa shape index (κ2) is 8.38. The van der Waals surface area contributed by atoms with Crippen molar-refractivity contribution in [1.29, 1.82) is 0 Å². The van der Waals surface area contributed by atoms with Crippen molar-refractivity contribution in [3.05, 3.63) is 34.6 Å². The predicted molar refractivity (Wildman–Crippen MR) is 73.7 cm³/mol. The Morgan fingerprint density at radius 1 is 1.33 bits per heavy atom. The lowest BCUT2D eigenvalue weighted by molar-refractivity contribution is -0.137. The summed E-state index contributed by atoms with van der Waals surface area (Å²) < 4.78 is 13.4. The molecule has 0 amide bonds. The van der Waals surface area contributed by atoms with Gasteiger partial charge in [-0.05, 0) is 36.3 Å². The molecule has 0 atom stereocenters. The van der Waals surface area contributed by atoms with Gasteiger partial charge in [-0.1, -0.05) is 24.1 Å². The fourth-order valence-corrected chi connectivity index (χ4v) is 2.64. The van der Waals surface area contributed by atoms with Gasteiger partial charge in [0.1, 0.15) is 5.82 Å². The molecule has 0 radical (unpaired) electrons. The summed E-state index contributed by atoms with van der Waals surface area (Å²) in [5.41, 5.74) is 0.662. The van der Waals surface area contributed by atoms with E-state index >= 15 is 0 Å². The lowest BCUT2D eigenvalue weighted by atomic mass is 10.2. The van der Waals surface area contributed by atoms with Gasteiger partial charge in [0.05, 0.1) is 0 Å². The number of halogens is 2. The molecule has 100 valence electrons. The first kappa shape index (κ1) is 15.3. The number of carboxylic acid groups (broad SMARTS) is 1. The molecule has 18 heavy (non-hydrogen) atoms. The van der Waals surface area contributed by atoms with Crippen LogP contribution >= 0.6 is 23.4 Å². The molecule has 1 rings (SSSR count). The van der Waals surface area contributed by atoms with Crippen LogP contribution in [0.4, 0.5) is 4.39 Å². The third kappa shape index (κ3) is 6.26. The van der Waals surface area contributed by atoms with Gasteiger partial charge in [-0.2, -0.15) is 11.8 Å². The molecule has 2 nitrogen and oxygen atoms in total. The summed E-state index contributed by atoms with van der Waals surface area (Å²) in [6, 6.07) is 4.72. The Kier molecular flexibility index (Phi) is 7.13. The van der Waals surface area contributed by atoms with Gasteiger partial charge in [0.15, 0.2) is 0 Å². The molecular formula is C13H16ClFO2S. The van der Waals surface area contributed by atoms with Crippen LogP contribution in [0.3, 0.4) is 0 Å². The van der Waals surface area contributed by atoms with Crippen molar-refractivity contribution in [3.63, 3.8) is 0 Å². The minimum atomic E-state index is -0.745. The molecule has 0 aliphatic rings. The Balaban J connectivity index is 2.12. The number of hydrogen-bond acceptors (Lipinski definition) is 2. The number of aliphatic carboxylic acids is 1. The second-order valence-corrected chi connectivity index (χ2v) is 5.53. The number of hydrogen-bond donors (Lipinski definition) is 1. The molecule has 5 heteroatoms. The van der Waals surface area contributed by atoms with Crippen LogP contribution in [0.2, 0.25) is 5.02 Å². The maximum atomic E-state index is 13.4. The predicted octanol–water partition coefficient (Wildman–Crippen LogP) is 4.36. The van der Waals surface area contributed by atoms with E-state index in [2.05, 4.69) is 0 Å². The lowest BCUT2D eigenvalue weighted by Gasteiger charge is -2.04. The zero-order chi connectivity index (χ0) is 13.4. The van der Waals surface area contributed by atoms with Crippen molar-refractivity contribution in [3.8, 4) is 0 Å². The molecule has 0 bridgehead atoms. The van der Waals surface area contributed by atoms with Gasteiger partial charge in [-0.3, -0.25) is 4.79 Å². The quantitative estimate of drug-likeness (QED) is 0.723. The van der Waals surface area contributed by atoms with E-state index in [1.54, 1.807) is 23.9 Å². The summed E-state index contributed by atoms with van der Waals surface area (Å²) in [7, 11) is 0. The molecule has 0 heterocycles. The zero-order valence-corrected chi connectivity index (χ0v) is 11.6. The van der Waals surface area contributed by atoms with E-state index in [0.29, 0.717) is 22.8 Å². The van der Waals surface area contributed by atoms with Gasteiger partial charge in [-0.15, -0.1) is 0 Å². The van der Waals surface area contributed by atoms with E-state index in [9.17, 15) is 9.18 Å². The smallest absolute Gasteiger partial charge is 0.303 e. The first-order chi connectivity index (χ1) is 8.59. The molecule has 1 aromatic rings. The largest absolute Gasteiger partial charge is 0.481 e. The Morgan fingerprint density at radius 2 is 2.11 bits per heavy atom. The van der Waals surface area contributed by atoms with Crippen molar-refractivity contribution in [2.24, 2.45) is 0 Å². The summed E-state index contributed by atoms with van der Waals surface area (Å²) in [4.78, 5) is 10.3. The van der Waals surface area contributed by atoms with Crippen molar-refractivity contribution < 1.29 is 14.3 Å². The van der Waals surface area contributed by atoms with Crippen LogP contribution in [0.15, 0.2) is 18.2 Å². The van der Waals surface area contributed by atoms with Crippen LogP contribution in [0.1, 0.15) is 31.2 Å². The van der Waals surface area contributed by atoms with Gasteiger partial charge >= 0.3 is 5.97 Å². The molecule has 0 aliphatic carbocycles. The standard InChI is InChI=1S/C13H16ClFO2S/c14-11-6-5-10(12(15)8-11)9-18-7-3-1-2-4-13(16)17/h5-6,8H,1-4,7,9H2,(H,16,17). The molecule has 1 N–H and O–H groups in total. The number of thioether (sulfide) groups is 1. The molecule has 0 aromatic heterocycles. The topological polar surface area (TPSA) is 37.3 Å². The molecule has 1 aromatic carbocycles. The highest BCUT2D eigenvalue weighted by molar-refractivity contribution is 7.98. The summed E-state index contributed by atoms with van der Waals surface area (Å²) in [5, 5.41) is 8.87. The fraction of sp³-hybridized carbons (Fsp3) is 0.462. The molecule has 0 unspecified atom stereocenters. The molecular weight excluding hydrogens is 275 g/mol. The van der Waals surface area contributed by atoms with E-state index < -0.39 is 5.97 Å². The zero-order valence-electron chi connectivity index (χ0n) is 9.99. The molecule has 0 fully saturated rings. The van der Waals surface area contributed by atoms with Crippen LogP contribution < -0.4 is 0 Å². The van der Waals surface area contributed by atoms with Crippen LogP contribution in [0.25, 0.3) is 0 Å². The molecule has 0 spiro atoms. The third-order valence-corrected chi connectivity index (χ3v) is 3.78. The molecule has 0 aliphatic heterocycles. The SMILES string of the molecule is O=C(O)CCCCCSCc1ccc(Cl)cc1F. The maximum absolute atomic E-state index is 13.4. The van der Waals surface area contributed by atoms with E-state index in [1.165, 1.54) is 6.07 Å². The summed E-state index contributed by atoms with van der Waals surface area (Å²) in [6.45, 7) is 0. The fourth-order valence-electron chi connectivity index (χ4n) is 1.48. The second-order valence-electron chi connectivity index (χ2n) is 3.99. The molecule has 0 saturated carbocycles. The van der Waals surface area contributed by atoms with Gasteiger partial charge in [0.2, 0.25) is 0 Å². The van der Waals surface area contributed by atoms with Crippen molar-refractivity contribution >= 4 is 29.3 Å². The number of carboxylic acids is 1. The highest BCUT2D eigenvalue weighted by Crippen LogP contribution is 2.20. The van der Waals surface area contributed by atoms with Crippen molar-refractivity contribution in [1.82, 2.24) is 0 Å². The average Bonchev–Trinajstić information content (AvgIpc) is 2.30. The summed E-state index contributed by atoms with van der Waals surface area (Å²) >= 11 is 7.32. The molecule has 0 saturated heterocycles. The summed E-state index contributed by atoms with van der Waals surface area (Å²) in [5.74, 6) is 0.538. The third-order valence-electron chi connectivity index (χ3n) is 2.45. The minimum absolute atomic E-state index is 0.233. The number of benzene rings is 1. The number of carbonyl (C=O) groups is 1. The van der Waals surface area contributed by atoms with Crippen LogP contribution in [-0.4, -0.2) is 16.8 Å². The lowest BCUT2D eigenvalue weighted by Crippen LogP contribution is -1.94. The minimum Gasteiger partial charge on any atom is -0.481 e. The van der Waals surface area contributed by atoms with E-state index in [0.717, 1.165) is 18.6 Å². The first-order valence-corrected chi connectivity index (χ1v) is 7.36. The van der Waals surface area contributed by atoms with Gasteiger partial charge < -0.3 is 5.11 Å². The van der Waals surface area contributed by atoms with Gasteiger partial charge in [0, 0.05) is 17.2 Å². The van der Waals surface area contributed by atoms with E-state index in [1.807, 2.05) is 0 Å².